The van der Waals surface area contributed by atoms with E-state index in [1.807, 2.05) is 12.5 Å². The molecule has 0 aliphatic carbocycles. The number of rotatable bonds is 4. The van der Waals surface area contributed by atoms with E-state index in [0.717, 1.165) is 12.3 Å². The van der Waals surface area contributed by atoms with Gasteiger partial charge in [-0.2, -0.15) is 0 Å². The highest BCUT2D eigenvalue weighted by Crippen LogP contribution is 2.15. The summed E-state index contributed by atoms with van der Waals surface area (Å²) in [5.41, 5.74) is 0. The van der Waals surface area contributed by atoms with Crippen LogP contribution in [0.15, 0.2) is 18.7 Å². The molecule has 0 spiro atoms. The highest BCUT2D eigenvalue weighted by Gasteiger charge is 2.04. The van der Waals surface area contributed by atoms with Crippen LogP contribution >= 0.6 is 0 Å². The van der Waals surface area contributed by atoms with Crippen molar-refractivity contribution in [1.82, 2.24) is 9.55 Å². The lowest BCUT2D eigenvalue weighted by molar-refractivity contribution is 0.467. The molecule has 0 amide bonds. The van der Waals surface area contributed by atoms with Crippen molar-refractivity contribution >= 4 is 0 Å². The SMILES string of the molecule is [CH2]C(CCC(C)C)n1ccnc1. The Morgan fingerprint density at radius 2 is 2.17 bits per heavy atom. The van der Waals surface area contributed by atoms with Crippen molar-refractivity contribution in [3.05, 3.63) is 25.6 Å². The van der Waals surface area contributed by atoms with E-state index in [9.17, 15) is 0 Å². The first-order valence-corrected chi connectivity index (χ1v) is 4.50. The zero-order chi connectivity index (χ0) is 8.97. The largest absolute Gasteiger partial charge is 0.334 e. The number of imidazole rings is 1. The Kier molecular flexibility index (Phi) is 3.32. The van der Waals surface area contributed by atoms with Crippen LogP contribution in [0.2, 0.25) is 0 Å². The summed E-state index contributed by atoms with van der Waals surface area (Å²) >= 11 is 0. The summed E-state index contributed by atoms with van der Waals surface area (Å²) in [6.07, 6.45) is 7.96. The highest BCUT2D eigenvalue weighted by molar-refractivity contribution is 4.81. The predicted octanol–water partition coefficient (Wildman–Crippen LogP) is 2.69. The van der Waals surface area contributed by atoms with Crippen molar-refractivity contribution in [2.24, 2.45) is 5.92 Å². The van der Waals surface area contributed by atoms with Crippen molar-refractivity contribution in [1.29, 1.82) is 0 Å². The summed E-state index contributed by atoms with van der Waals surface area (Å²) in [4.78, 5) is 3.99. The maximum Gasteiger partial charge on any atom is 0.0948 e. The van der Waals surface area contributed by atoms with Gasteiger partial charge in [0.1, 0.15) is 0 Å². The molecule has 0 saturated carbocycles. The zero-order valence-electron chi connectivity index (χ0n) is 7.90. The molecule has 1 rings (SSSR count). The molecule has 12 heavy (non-hydrogen) atoms. The van der Waals surface area contributed by atoms with Gasteiger partial charge in [0.25, 0.3) is 0 Å². The number of aromatic nitrogens is 2. The molecule has 0 fully saturated rings. The molecule has 1 atom stereocenters. The first kappa shape index (κ1) is 9.30. The molecule has 2 heteroatoms. The Labute approximate surface area is 74.6 Å². The van der Waals surface area contributed by atoms with Crippen molar-refractivity contribution in [2.75, 3.05) is 0 Å². The Hall–Kier alpha value is -0.790. The van der Waals surface area contributed by atoms with Crippen LogP contribution in [-0.2, 0) is 0 Å². The topological polar surface area (TPSA) is 17.8 Å². The van der Waals surface area contributed by atoms with Crippen molar-refractivity contribution in [3.63, 3.8) is 0 Å². The molecule has 2 nitrogen and oxygen atoms in total. The molecular weight excluding hydrogens is 148 g/mol. The first-order valence-electron chi connectivity index (χ1n) is 4.50. The summed E-state index contributed by atoms with van der Waals surface area (Å²) in [5, 5.41) is 0. The summed E-state index contributed by atoms with van der Waals surface area (Å²) in [6, 6.07) is 0.342. The predicted molar refractivity (Wildman–Crippen MR) is 50.7 cm³/mol. The lowest BCUT2D eigenvalue weighted by Gasteiger charge is -2.13. The van der Waals surface area contributed by atoms with Gasteiger partial charge in [-0.15, -0.1) is 0 Å². The number of hydrogen-bond donors (Lipinski definition) is 0. The van der Waals surface area contributed by atoms with E-state index < -0.39 is 0 Å². The molecule has 0 aliphatic heterocycles. The van der Waals surface area contributed by atoms with Gasteiger partial charge in [0.15, 0.2) is 0 Å². The van der Waals surface area contributed by atoms with Gasteiger partial charge in [0.05, 0.1) is 6.33 Å². The van der Waals surface area contributed by atoms with Gasteiger partial charge in [0, 0.05) is 18.4 Å². The molecule has 0 aliphatic rings. The third-order valence-corrected chi connectivity index (χ3v) is 2.02. The molecule has 0 bridgehead atoms. The van der Waals surface area contributed by atoms with Crippen LogP contribution in [0.5, 0.6) is 0 Å². The van der Waals surface area contributed by atoms with Crippen molar-refractivity contribution < 1.29 is 0 Å². The molecule has 1 aromatic rings. The van der Waals surface area contributed by atoms with Gasteiger partial charge in [-0.25, -0.2) is 4.98 Å². The molecule has 0 aromatic carbocycles. The molecule has 0 saturated heterocycles. The van der Waals surface area contributed by atoms with Crippen LogP contribution in [0.25, 0.3) is 0 Å². The van der Waals surface area contributed by atoms with Crippen molar-refractivity contribution in [2.45, 2.75) is 32.7 Å². The fourth-order valence-electron chi connectivity index (χ4n) is 1.16. The van der Waals surface area contributed by atoms with Crippen LogP contribution in [-0.4, -0.2) is 9.55 Å². The molecule has 1 unspecified atom stereocenters. The smallest absolute Gasteiger partial charge is 0.0948 e. The zero-order valence-corrected chi connectivity index (χ0v) is 7.90. The molecule has 67 valence electrons. The van der Waals surface area contributed by atoms with E-state index in [-0.39, 0.29) is 0 Å². The maximum atomic E-state index is 4.08. The second kappa shape index (κ2) is 4.29. The molecule has 0 N–H and O–H groups in total. The minimum absolute atomic E-state index is 0.342. The normalized spacial score (nSPS) is 13.7. The Balaban J connectivity index is 2.34. The average Bonchev–Trinajstić information content (AvgIpc) is 2.51. The highest BCUT2D eigenvalue weighted by atomic mass is 15.0. The molecule has 1 radical (unpaired) electrons. The van der Waals surface area contributed by atoms with Crippen molar-refractivity contribution in [3.8, 4) is 0 Å². The van der Waals surface area contributed by atoms with E-state index >= 15 is 0 Å². The van der Waals surface area contributed by atoms with Crippen LogP contribution in [0.3, 0.4) is 0 Å². The van der Waals surface area contributed by atoms with Gasteiger partial charge in [-0.3, -0.25) is 0 Å². The van der Waals surface area contributed by atoms with Gasteiger partial charge >= 0.3 is 0 Å². The monoisotopic (exact) mass is 165 g/mol. The second-order valence-electron chi connectivity index (χ2n) is 3.63. The van der Waals surface area contributed by atoms with Crippen LogP contribution < -0.4 is 0 Å². The van der Waals surface area contributed by atoms with Gasteiger partial charge in [0.2, 0.25) is 0 Å². The van der Waals surface area contributed by atoms with E-state index in [1.165, 1.54) is 6.42 Å². The van der Waals surface area contributed by atoms with Crippen LogP contribution in [0, 0.1) is 12.8 Å². The summed E-state index contributed by atoms with van der Waals surface area (Å²) in [7, 11) is 0. The van der Waals surface area contributed by atoms with E-state index in [2.05, 4.69) is 30.3 Å². The third-order valence-electron chi connectivity index (χ3n) is 2.02. The maximum absolute atomic E-state index is 4.08. The quantitative estimate of drug-likeness (QED) is 0.670. The fourth-order valence-corrected chi connectivity index (χ4v) is 1.16. The lowest BCUT2D eigenvalue weighted by atomic mass is 10.0. The summed E-state index contributed by atoms with van der Waals surface area (Å²) in [5.74, 6) is 0.762. The lowest BCUT2D eigenvalue weighted by Crippen LogP contribution is -2.04. The second-order valence-corrected chi connectivity index (χ2v) is 3.63. The fraction of sp³-hybridized carbons (Fsp3) is 0.600. The third kappa shape index (κ3) is 2.68. The van der Waals surface area contributed by atoms with Crippen LogP contribution in [0.1, 0.15) is 32.7 Å². The van der Waals surface area contributed by atoms with E-state index in [4.69, 9.17) is 0 Å². The Morgan fingerprint density at radius 1 is 1.42 bits per heavy atom. The molecular formula is C10H17N2. The minimum Gasteiger partial charge on any atom is -0.334 e. The Morgan fingerprint density at radius 3 is 2.67 bits per heavy atom. The summed E-state index contributed by atoms with van der Waals surface area (Å²) < 4.78 is 2.06. The van der Waals surface area contributed by atoms with Crippen LogP contribution in [0.4, 0.5) is 0 Å². The van der Waals surface area contributed by atoms with E-state index in [1.54, 1.807) is 6.20 Å². The van der Waals surface area contributed by atoms with Gasteiger partial charge in [-0.05, 0) is 25.7 Å². The minimum atomic E-state index is 0.342. The standard InChI is InChI=1S/C10H17N2/c1-9(2)4-5-10(3)12-7-6-11-8-12/h6-10H,3-5H2,1-2H3. The first-order chi connectivity index (χ1) is 5.70. The average molecular weight is 165 g/mol. The van der Waals surface area contributed by atoms with E-state index in [0.29, 0.717) is 6.04 Å². The number of nitrogens with zero attached hydrogens (tertiary/aromatic N) is 2. The molecule has 1 heterocycles. The van der Waals surface area contributed by atoms with Gasteiger partial charge < -0.3 is 4.57 Å². The number of hydrogen-bond acceptors (Lipinski definition) is 1. The van der Waals surface area contributed by atoms with Gasteiger partial charge in [-0.1, -0.05) is 13.8 Å². The summed E-state index contributed by atoms with van der Waals surface area (Å²) in [6.45, 7) is 8.55. The Bertz CT molecular complexity index is 202. The molecule has 1 aromatic heterocycles.